The van der Waals surface area contributed by atoms with Crippen molar-refractivity contribution in [2.24, 2.45) is 0 Å². The predicted octanol–water partition coefficient (Wildman–Crippen LogP) is 3.03. The lowest BCUT2D eigenvalue weighted by Crippen LogP contribution is -2.32. The Morgan fingerprint density at radius 3 is 2.94 bits per heavy atom. The topological polar surface area (TPSA) is 126 Å². The maximum atomic E-state index is 6.19. The Labute approximate surface area is 197 Å². The number of hydrogen-bond donors (Lipinski definition) is 3. The Bertz CT molecular complexity index is 1270. The molecule has 172 valence electrons. The number of ether oxygens (including phenoxy) is 2. The van der Waals surface area contributed by atoms with Gasteiger partial charge < -0.3 is 20.5 Å². The fraction of sp³-hybridized carbons (Fsp3) is 0.381. The summed E-state index contributed by atoms with van der Waals surface area (Å²) in [6, 6.07) is 2.06. The molecule has 6 rings (SSSR count). The van der Waals surface area contributed by atoms with Crippen molar-refractivity contribution in [2.75, 3.05) is 30.5 Å². The molecule has 3 aliphatic rings. The first kappa shape index (κ1) is 20.8. The van der Waals surface area contributed by atoms with Crippen LogP contribution in [-0.4, -0.2) is 55.0 Å². The Morgan fingerprint density at radius 2 is 2.09 bits per heavy atom. The molecule has 0 radical (unpaired) electrons. The van der Waals surface area contributed by atoms with Crippen LogP contribution in [0, 0.1) is 0 Å². The van der Waals surface area contributed by atoms with Crippen LogP contribution in [0.5, 0.6) is 0 Å². The smallest absolute Gasteiger partial charge is 0.248 e. The van der Waals surface area contributed by atoms with E-state index in [-0.39, 0.29) is 11.2 Å². The Balaban J connectivity index is 1.30. The third kappa shape index (κ3) is 3.74. The van der Waals surface area contributed by atoms with E-state index in [1.54, 1.807) is 6.20 Å². The molecule has 1 atom stereocenters. The van der Waals surface area contributed by atoms with Gasteiger partial charge in [-0.25, -0.2) is 4.98 Å². The van der Waals surface area contributed by atoms with Crippen LogP contribution in [0.4, 0.5) is 17.6 Å². The van der Waals surface area contributed by atoms with Gasteiger partial charge in [0.05, 0.1) is 35.7 Å². The van der Waals surface area contributed by atoms with Gasteiger partial charge in [0.2, 0.25) is 17.2 Å². The number of hydrogen-bond acceptors (Lipinski definition) is 9. The lowest BCUT2D eigenvalue weighted by Gasteiger charge is -2.25. The normalized spacial score (nSPS) is 21.7. The van der Waals surface area contributed by atoms with Gasteiger partial charge in [-0.1, -0.05) is 0 Å². The quantitative estimate of drug-likeness (QED) is 0.291. The van der Waals surface area contributed by atoms with Gasteiger partial charge >= 0.3 is 0 Å². The Kier molecular flexibility index (Phi) is 5.02. The summed E-state index contributed by atoms with van der Waals surface area (Å²) in [6.07, 6.45) is 9.31. The minimum absolute atomic E-state index is 0.159. The number of pyridine rings is 1. The molecular formula is C21H23ClN8O2S. The lowest BCUT2D eigenvalue weighted by molar-refractivity contribution is -0.160. The zero-order valence-electron chi connectivity index (χ0n) is 18.0. The molecule has 1 spiro atoms. The van der Waals surface area contributed by atoms with Crippen molar-refractivity contribution in [2.45, 2.75) is 36.5 Å². The van der Waals surface area contributed by atoms with E-state index in [2.05, 4.69) is 48.1 Å². The summed E-state index contributed by atoms with van der Waals surface area (Å²) in [7, 11) is -0.523. The molecule has 1 aliphatic carbocycles. The van der Waals surface area contributed by atoms with Crippen LogP contribution in [0.3, 0.4) is 0 Å². The molecule has 3 aromatic heterocycles. The number of nitrogen functional groups attached to an aromatic ring is 1. The lowest BCUT2D eigenvalue weighted by atomic mass is 10.0. The Morgan fingerprint density at radius 1 is 1.24 bits per heavy atom. The highest BCUT2D eigenvalue weighted by molar-refractivity contribution is 8.19. The SMILES string of the molecule is C[SH]1C=Cc2c(-n3nc(Nc4cnc5c(c4)CC4(CCC5)OCCO4)nc3N)nc(Cl)nc21. The predicted molar refractivity (Wildman–Crippen MR) is 127 cm³/mol. The minimum atomic E-state index is -0.533. The van der Waals surface area contributed by atoms with E-state index in [4.69, 9.17) is 26.8 Å². The Hall–Kier alpha value is -2.73. The van der Waals surface area contributed by atoms with Crippen molar-refractivity contribution in [1.29, 1.82) is 0 Å². The first-order valence-electron chi connectivity index (χ1n) is 10.7. The van der Waals surface area contributed by atoms with Gasteiger partial charge in [0, 0.05) is 18.5 Å². The molecule has 10 nitrogen and oxygen atoms in total. The molecule has 0 aromatic carbocycles. The number of rotatable bonds is 3. The van der Waals surface area contributed by atoms with Gasteiger partial charge in [-0.2, -0.15) is 25.5 Å². The number of nitrogens with one attached hydrogen (secondary N) is 1. The van der Waals surface area contributed by atoms with E-state index in [0.29, 0.717) is 31.4 Å². The number of thiol groups is 1. The standard InChI is InChI=1S/C21H23ClN8O2S/c1-33-8-4-14-16(26-18(22)27-17(14)33)30-19(23)28-20(29-30)25-13-9-12-10-21(31-6-7-32-21)5-2-3-15(12)24-11-13/h4,8-9,11,33H,2-3,5-7,10H2,1H3,(H3,23,25,28,29). The number of anilines is 3. The molecule has 0 amide bonds. The summed E-state index contributed by atoms with van der Waals surface area (Å²) in [5.41, 5.74) is 10.0. The average Bonchev–Trinajstić information content (AvgIpc) is 3.45. The van der Waals surface area contributed by atoms with Crippen LogP contribution in [0.1, 0.15) is 29.7 Å². The van der Waals surface area contributed by atoms with Gasteiger partial charge in [0.25, 0.3) is 0 Å². The molecule has 0 saturated carbocycles. The van der Waals surface area contributed by atoms with Crippen molar-refractivity contribution >= 4 is 46.2 Å². The number of nitrogens with two attached hydrogens (primary N) is 1. The average molecular weight is 487 g/mol. The number of aryl methyl sites for hydroxylation is 1. The molecule has 2 aliphatic heterocycles. The molecule has 33 heavy (non-hydrogen) atoms. The van der Waals surface area contributed by atoms with Crippen molar-refractivity contribution in [1.82, 2.24) is 29.7 Å². The summed E-state index contributed by atoms with van der Waals surface area (Å²) in [4.78, 5) is 17.8. The summed E-state index contributed by atoms with van der Waals surface area (Å²) in [6.45, 7) is 1.26. The maximum Gasteiger partial charge on any atom is 0.248 e. The maximum absolute atomic E-state index is 6.19. The molecule has 1 saturated heterocycles. The second kappa shape index (κ2) is 7.94. The number of fused-ring (bicyclic) bond motifs is 2. The number of nitrogens with zero attached hydrogens (tertiary/aromatic N) is 6. The molecule has 5 heterocycles. The van der Waals surface area contributed by atoms with E-state index in [0.717, 1.165) is 46.8 Å². The van der Waals surface area contributed by atoms with E-state index < -0.39 is 16.7 Å². The van der Waals surface area contributed by atoms with Gasteiger partial charge in [0.1, 0.15) is 0 Å². The molecule has 12 heteroatoms. The zero-order valence-corrected chi connectivity index (χ0v) is 19.6. The highest BCUT2D eigenvalue weighted by Gasteiger charge is 2.38. The molecule has 1 fully saturated rings. The fourth-order valence-corrected chi connectivity index (χ4v) is 6.10. The first-order chi connectivity index (χ1) is 16.0. The third-order valence-corrected chi connectivity index (χ3v) is 7.84. The van der Waals surface area contributed by atoms with E-state index in [1.807, 2.05) is 6.08 Å². The van der Waals surface area contributed by atoms with E-state index in [1.165, 1.54) is 4.68 Å². The molecule has 3 N–H and O–H groups in total. The van der Waals surface area contributed by atoms with Crippen LogP contribution in [0.25, 0.3) is 11.9 Å². The summed E-state index contributed by atoms with van der Waals surface area (Å²) in [5.74, 6) is 0.526. The second-order valence-corrected chi connectivity index (χ2v) is 10.6. The fourth-order valence-electron chi connectivity index (χ4n) is 4.55. The van der Waals surface area contributed by atoms with Gasteiger partial charge in [0.15, 0.2) is 11.6 Å². The highest BCUT2D eigenvalue weighted by atomic mass is 35.5. The van der Waals surface area contributed by atoms with Crippen LogP contribution < -0.4 is 11.1 Å². The van der Waals surface area contributed by atoms with Gasteiger partial charge in [-0.15, -0.1) is 5.10 Å². The van der Waals surface area contributed by atoms with Crippen LogP contribution in [-0.2, 0) is 22.3 Å². The van der Waals surface area contributed by atoms with Crippen molar-refractivity contribution in [3.63, 3.8) is 0 Å². The first-order valence-corrected chi connectivity index (χ1v) is 13.0. The third-order valence-electron chi connectivity index (χ3n) is 6.07. The minimum Gasteiger partial charge on any atom is -0.368 e. The highest BCUT2D eigenvalue weighted by Crippen LogP contribution is 2.44. The summed E-state index contributed by atoms with van der Waals surface area (Å²) >= 11 is 6.18. The monoisotopic (exact) mass is 486 g/mol. The van der Waals surface area contributed by atoms with Crippen molar-refractivity contribution < 1.29 is 9.47 Å². The summed E-state index contributed by atoms with van der Waals surface area (Å²) < 4.78 is 13.4. The van der Waals surface area contributed by atoms with Gasteiger partial charge in [-0.05, 0) is 53.8 Å². The second-order valence-electron chi connectivity index (χ2n) is 8.28. The van der Waals surface area contributed by atoms with Gasteiger partial charge in [-0.3, -0.25) is 4.98 Å². The molecule has 3 aromatic rings. The van der Waals surface area contributed by atoms with E-state index in [9.17, 15) is 0 Å². The molecule has 0 bridgehead atoms. The number of aromatic nitrogens is 6. The summed E-state index contributed by atoms with van der Waals surface area (Å²) in [5, 5.41) is 10.9. The van der Waals surface area contributed by atoms with Crippen molar-refractivity contribution in [3.05, 3.63) is 39.8 Å². The van der Waals surface area contributed by atoms with E-state index >= 15 is 0 Å². The van der Waals surface area contributed by atoms with Crippen LogP contribution in [0.15, 0.2) is 22.7 Å². The van der Waals surface area contributed by atoms with Crippen LogP contribution in [0.2, 0.25) is 5.28 Å². The zero-order chi connectivity index (χ0) is 22.6. The van der Waals surface area contributed by atoms with Crippen molar-refractivity contribution in [3.8, 4) is 5.82 Å². The van der Waals surface area contributed by atoms with Crippen LogP contribution >= 0.6 is 22.5 Å². The molecular weight excluding hydrogens is 464 g/mol. The number of halogens is 1. The molecule has 1 unspecified atom stereocenters. The largest absolute Gasteiger partial charge is 0.368 e.